The quantitative estimate of drug-likeness (QED) is 0.655. The predicted molar refractivity (Wildman–Crippen MR) is 64.1 cm³/mol. The summed E-state index contributed by atoms with van der Waals surface area (Å²) in [6.07, 6.45) is 10.0. The minimum atomic E-state index is -0.0458. The van der Waals surface area contributed by atoms with Gasteiger partial charge in [-0.05, 0) is 36.5 Å². The highest BCUT2D eigenvalue weighted by molar-refractivity contribution is 5.98. The molecule has 0 bridgehead atoms. The second kappa shape index (κ2) is 4.11. The Bertz CT molecular complexity index is 334. The average Bonchev–Trinajstić information content (AvgIpc) is 2.27. The molecule has 1 aliphatic heterocycles. The third kappa shape index (κ3) is 2.12. The highest BCUT2D eigenvalue weighted by atomic mass is 16.2. The van der Waals surface area contributed by atoms with Crippen LogP contribution in [0.1, 0.15) is 57.8 Å². The second-order valence-electron chi connectivity index (χ2n) is 6.37. The molecular formula is C14H21NO2. The zero-order chi connectivity index (χ0) is 11.9. The molecule has 17 heavy (non-hydrogen) atoms. The smallest absolute Gasteiger partial charge is 0.227 e. The molecule has 3 fully saturated rings. The molecule has 0 radical (unpaired) electrons. The molecule has 3 aliphatic rings. The SMILES string of the molecule is O=C1CC2(CC[C@H]3CCCC[C@H]3C2)CC(=O)N1. The molecule has 2 saturated carbocycles. The molecule has 3 rings (SSSR count). The van der Waals surface area contributed by atoms with E-state index < -0.39 is 0 Å². The molecular weight excluding hydrogens is 214 g/mol. The summed E-state index contributed by atoms with van der Waals surface area (Å²) in [5.41, 5.74) is 0.0257. The van der Waals surface area contributed by atoms with E-state index in [1.807, 2.05) is 0 Å². The summed E-state index contributed by atoms with van der Waals surface area (Å²) in [4.78, 5) is 23.2. The third-order valence-electron chi connectivity index (χ3n) is 5.16. The van der Waals surface area contributed by atoms with Crippen LogP contribution in [0.4, 0.5) is 0 Å². The average molecular weight is 235 g/mol. The molecule has 2 atom stereocenters. The van der Waals surface area contributed by atoms with Gasteiger partial charge in [0.05, 0.1) is 0 Å². The standard InChI is InChI=1S/C14H21NO2/c16-12-8-14(9-13(17)15-12)6-5-10-3-1-2-4-11(10)7-14/h10-11H,1-9H2,(H,15,16,17)/t10-,11+/m1/s1. The van der Waals surface area contributed by atoms with Crippen LogP contribution >= 0.6 is 0 Å². The van der Waals surface area contributed by atoms with E-state index in [4.69, 9.17) is 0 Å². The molecule has 0 aromatic carbocycles. The van der Waals surface area contributed by atoms with Crippen LogP contribution in [-0.4, -0.2) is 11.8 Å². The van der Waals surface area contributed by atoms with Crippen molar-refractivity contribution in [2.75, 3.05) is 0 Å². The molecule has 0 aromatic heterocycles. The van der Waals surface area contributed by atoms with Gasteiger partial charge in [-0.1, -0.05) is 25.7 Å². The summed E-state index contributed by atoms with van der Waals surface area (Å²) in [7, 11) is 0. The lowest BCUT2D eigenvalue weighted by atomic mass is 9.58. The van der Waals surface area contributed by atoms with E-state index in [1.165, 1.54) is 32.1 Å². The summed E-state index contributed by atoms with van der Waals surface area (Å²) < 4.78 is 0. The van der Waals surface area contributed by atoms with Gasteiger partial charge in [-0.25, -0.2) is 0 Å². The first-order valence-corrected chi connectivity index (χ1v) is 7.00. The normalized spacial score (nSPS) is 36.5. The highest BCUT2D eigenvalue weighted by Gasteiger charge is 2.46. The van der Waals surface area contributed by atoms with Gasteiger partial charge < -0.3 is 0 Å². The zero-order valence-corrected chi connectivity index (χ0v) is 10.3. The highest BCUT2D eigenvalue weighted by Crippen LogP contribution is 2.52. The summed E-state index contributed by atoms with van der Waals surface area (Å²) in [5.74, 6) is 1.58. The van der Waals surface area contributed by atoms with Crippen LogP contribution in [0.25, 0.3) is 0 Å². The fourth-order valence-electron chi connectivity index (χ4n) is 4.39. The summed E-state index contributed by atoms with van der Waals surface area (Å²) in [6, 6.07) is 0. The second-order valence-corrected chi connectivity index (χ2v) is 6.37. The Balaban J connectivity index is 1.75. The Labute approximate surface area is 102 Å². The number of hydrogen-bond donors (Lipinski definition) is 1. The largest absolute Gasteiger partial charge is 0.296 e. The molecule has 2 amide bonds. The summed E-state index contributed by atoms with van der Waals surface area (Å²) in [6.45, 7) is 0. The van der Waals surface area contributed by atoms with Crippen molar-refractivity contribution in [3.63, 3.8) is 0 Å². The van der Waals surface area contributed by atoms with Crippen molar-refractivity contribution in [3.8, 4) is 0 Å². The molecule has 0 unspecified atom stereocenters. The molecule has 1 spiro atoms. The van der Waals surface area contributed by atoms with Crippen LogP contribution in [-0.2, 0) is 9.59 Å². The van der Waals surface area contributed by atoms with Crippen molar-refractivity contribution in [2.45, 2.75) is 57.8 Å². The maximum Gasteiger partial charge on any atom is 0.227 e. The van der Waals surface area contributed by atoms with Crippen molar-refractivity contribution >= 4 is 11.8 Å². The van der Waals surface area contributed by atoms with Crippen LogP contribution in [0.5, 0.6) is 0 Å². The number of carbonyl (C=O) groups is 2. The number of amides is 2. The topological polar surface area (TPSA) is 46.2 Å². The van der Waals surface area contributed by atoms with Gasteiger partial charge in [-0.15, -0.1) is 0 Å². The number of imide groups is 1. The van der Waals surface area contributed by atoms with Crippen molar-refractivity contribution in [1.29, 1.82) is 0 Å². The Morgan fingerprint density at radius 3 is 2.29 bits per heavy atom. The lowest BCUT2D eigenvalue weighted by Gasteiger charge is -2.47. The van der Waals surface area contributed by atoms with E-state index >= 15 is 0 Å². The lowest BCUT2D eigenvalue weighted by molar-refractivity contribution is -0.140. The first kappa shape index (κ1) is 11.2. The van der Waals surface area contributed by atoms with Gasteiger partial charge in [-0.3, -0.25) is 14.9 Å². The number of carbonyl (C=O) groups excluding carboxylic acids is 2. The van der Waals surface area contributed by atoms with E-state index in [9.17, 15) is 9.59 Å². The van der Waals surface area contributed by atoms with Crippen LogP contribution in [0.2, 0.25) is 0 Å². The van der Waals surface area contributed by atoms with E-state index in [1.54, 1.807) is 0 Å². The maximum atomic E-state index is 11.6. The number of hydrogen-bond acceptors (Lipinski definition) is 2. The molecule has 2 aliphatic carbocycles. The first-order chi connectivity index (χ1) is 8.17. The van der Waals surface area contributed by atoms with E-state index in [2.05, 4.69) is 5.32 Å². The first-order valence-electron chi connectivity index (χ1n) is 7.00. The van der Waals surface area contributed by atoms with Gasteiger partial charge >= 0.3 is 0 Å². The predicted octanol–water partition coefficient (Wildman–Crippen LogP) is 2.40. The van der Waals surface area contributed by atoms with Crippen molar-refractivity contribution in [2.24, 2.45) is 17.3 Å². The molecule has 94 valence electrons. The molecule has 3 nitrogen and oxygen atoms in total. The molecule has 1 heterocycles. The Morgan fingerprint density at radius 1 is 0.941 bits per heavy atom. The number of fused-ring (bicyclic) bond motifs is 1. The number of rotatable bonds is 0. The van der Waals surface area contributed by atoms with E-state index in [-0.39, 0.29) is 17.2 Å². The molecule has 0 aromatic rings. The molecule has 1 N–H and O–H groups in total. The Morgan fingerprint density at radius 2 is 1.59 bits per heavy atom. The van der Waals surface area contributed by atoms with Crippen molar-refractivity contribution < 1.29 is 9.59 Å². The van der Waals surface area contributed by atoms with E-state index in [0.29, 0.717) is 12.8 Å². The van der Waals surface area contributed by atoms with Crippen molar-refractivity contribution in [1.82, 2.24) is 5.32 Å². The summed E-state index contributed by atoms with van der Waals surface area (Å²) in [5, 5.41) is 2.45. The minimum absolute atomic E-state index is 0.0257. The maximum absolute atomic E-state index is 11.6. The fourth-order valence-corrected chi connectivity index (χ4v) is 4.39. The van der Waals surface area contributed by atoms with Gasteiger partial charge in [0.15, 0.2) is 0 Å². The van der Waals surface area contributed by atoms with Gasteiger partial charge in [-0.2, -0.15) is 0 Å². The number of piperidine rings is 1. The lowest BCUT2D eigenvalue weighted by Crippen LogP contribution is -2.48. The third-order valence-corrected chi connectivity index (χ3v) is 5.16. The van der Waals surface area contributed by atoms with Gasteiger partial charge in [0, 0.05) is 12.8 Å². The minimum Gasteiger partial charge on any atom is -0.296 e. The number of nitrogens with one attached hydrogen (secondary N) is 1. The van der Waals surface area contributed by atoms with Gasteiger partial charge in [0.1, 0.15) is 0 Å². The van der Waals surface area contributed by atoms with Crippen LogP contribution in [0.15, 0.2) is 0 Å². The van der Waals surface area contributed by atoms with Gasteiger partial charge in [0.2, 0.25) is 11.8 Å². The summed E-state index contributed by atoms with van der Waals surface area (Å²) >= 11 is 0. The Hall–Kier alpha value is -0.860. The van der Waals surface area contributed by atoms with Crippen molar-refractivity contribution in [3.05, 3.63) is 0 Å². The van der Waals surface area contributed by atoms with Crippen LogP contribution < -0.4 is 5.32 Å². The Kier molecular flexibility index (Phi) is 2.72. The van der Waals surface area contributed by atoms with E-state index in [0.717, 1.165) is 24.7 Å². The molecule has 3 heteroatoms. The fraction of sp³-hybridized carbons (Fsp3) is 0.857. The molecule has 1 saturated heterocycles. The zero-order valence-electron chi connectivity index (χ0n) is 10.3. The van der Waals surface area contributed by atoms with Crippen LogP contribution in [0.3, 0.4) is 0 Å². The van der Waals surface area contributed by atoms with Gasteiger partial charge in [0.25, 0.3) is 0 Å². The monoisotopic (exact) mass is 235 g/mol. The van der Waals surface area contributed by atoms with Crippen LogP contribution in [0, 0.1) is 17.3 Å².